The first-order valence-corrected chi connectivity index (χ1v) is 9.28. The van der Waals surface area contributed by atoms with E-state index in [1.807, 2.05) is 0 Å². The molecule has 0 bridgehead atoms. The normalized spacial score (nSPS) is 10.6. The molecule has 0 N–H and O–H groups in total. The van der Waals surface area contributed by atoms with Gasteiger partial charge in [-0.25, -0.2) is 0 Å². The van der Waals surface area contributed by atoms with Crippen LogP contribution >= 0.6 is 22.6 Å². The number of hydrogen-bond donors (Lipinski definition) is 0. The van der Waals surface area contributed by atoms with Crippen molar-refractivity contribution in [2.75, 3.05) is 4.90 Å². The molecule has 0 aliphatic rings. The van der Waals surface area contributed by atoms with Crippen LogP contribution < -0.4 is 4.90 Å². The van der Waals surface area contributed by atoms with Gasteiger partial charge in [0.2, 0.25) is 0 Å². The van der Waals surface area contributed by atoms with Crippen LogP contribution in [0.4, 0.5) is 17.1 Å². The first kappa shape index (κ1) is 16.1. The summed E-state index contributed by atoms with van der Waals surface area (Å²) in [6, 6.07) is 26.2. The largest absolute Gasteiger partial charge is 0.311 e. The lowest BCUT2D eigenvalue weighted by molar-refractivity contribution is 1.26. The zero-order chi connectivity index (χ0) is 16.2. The zero-order valence-corrected chi connectivity index (χ0v) is 15.6. The smallest absolute Gasteiger partial charge is 0.0461 e. The molecule has 0 saturated heterocycles. The van der Waals surface area contributed by atoms with E-state index in [4.69, 9.17) is 0 Å². The summed E-state index contributed by atoms with van der Waals surface area (Å²) in [4.78, 5) is 2.30. The van der Waals surface area contributed by atoms with Gasteiger partial charge < -0.3 is 4.90 Å². The highest BCUT2D eigenvalue weighted by atomic mass is 127. The zero-order valence-electron chi connectivity index (χ0n) is 13.5. The quantitative estimate of drug-likeness (QED) is 0.340. The van der Waals surface area contributed by atoms with Crippen LogP contribution in [0.2, 0.25) is 0 Å². The van der Waals surface area contributed by atoms with E-state index < -0.39 is 0 Å². The van der Waals surface area contributed by atoms with E-state index in [-0.39, 0.29) is 0 Å². The fraction of sp³-hybridized carbons (Fsp3) is 0.143. The van der Waals surface area contributed by atoms with E-state index in [2.05, 4.69) is 114 Å². The third-order valence-electron chi connectivity index (χ3n) is 3.93. The Balaban J connectivity index is 2.08. The molecule has 3 rings (SSSR count). The van der Waals surface area contributed by atoms with Crippen molar-refractivity contribution >= 4 is 39.7 Å². The van der Waals surface area contributed by atoms with Crippen molar-refractivity contribution in [3.8, 4) is 0 Å². The highest BCUT2D eigenvalue weighted by Gasteiger charge is 2.11. The Morgan fingerprint density at radius 2 is 0.957 bits per heavy atom. The Kier molecular flexibility index (Phi) is 5.01. The number of alkyl halides is 1. The Morgan fingerprint density at radius 3 is 1.30 bits per heavy atom. The molecule has 0 fully saturated rings. The maximum absolute atomic E-state index is 2.40. The van der Waals surface area contributed by atoms with Gasteiger partial charge in [-0.3, -0.25) is 0 Å². The highest BCUT2D eigenvalue weighted by Crippen LogP contribution is 2.34. The molecule has 3 aromatic rings. The fourth-order valence-electron chi connectivity index (χ4n) is 2.57. The average molecular weight is 413 g/mol. The summed E-state index contributed by atoms with van der Waals surface area (Å²) in [5, 5.41) is 0. The van der Waals surface area contributed by atoms with E-state index >= 15 is 0 Å². The molecule has 23 heavy (non-hydrogen) atoms. The first-order chi connectivity index (χ1) is 11.2. The molecule has 0 spiro atoms. The second kappa shape index (κ2) is 7.18. The standard InChI is InChI=1S/C21H20IN/c1-16-3-9-19(10-4-16)23(20-11-5-17(2)6-12-20)21-13-7-18(15-22)8-14-21/h3-14H,15H2,1-2H3. The van der Waals surface area contributed by atoms with Crippen molar-refractivity contribution in [1.82, 2.24) is 0 Å². The van der Waals surface area contributed by atoms with Gasteiger partial charge in [0, 0.05) is 21.5 Å². The lowest BCUT2D eigenvalue weighted by Crippen LogP contribution is -2.09. The van der Waals surface area contributed by atoms with E-state index in [9.17, 15) is 0 Å². The van der Waals surface area contributed by atoms with E-state index in [0.29, 0.717) is 0 Å². The minimum absolute atomic E-state index is 1.03. The molecule has 0 aliphatic carbocycles. The lowest BCUT2D eigenvalue weighted by atomic mass is 10.1. The number of hydrogen-bond acceptors (Lipinski definition) is 1. The first-order valence-electron chi connectivity index (χ1n) is 7.76. The molecule has 0 atom stereocenters. The van der Waals surface area contributed by atoms with Crippen LogP contribution in [0.25, 0.3) is 0 Å². The summed E-state index contributed by atoms with van der Waals surface area (Å²) in [6.45, 7) is 4.24. The Bertz CT molecular complexity index is 713. The van der Waals surface area contributed by atoms with Crippen LogP contribution in [-0.4, -0.2) is 0 Å². The average Bonchev–Trinajstić information content (AvgIpc) is 2.59. The van der Waals surface area contributed by atoms with Crippen LogP contribution in [0.3, 0.4) is 0 Å². The van der Waals surface area contributed by atoms with Crippen molar-refractivity contribution in [3.05, 3.63) is 89.5 Å². The third-order valence-corrected chi connectivity index (χ3v) is 4.81. The van der Waals surface area contributed by atoms with Gasteiger partial charge >= 0.3 is 0 Å². The molecular weight excluding hydrogens is 393 g/mol. The van der Waals surface area contributed by atoms with Gasteiger partial charge in [-0.15, -0.1) is 0 Å². The van der Waals surface area contributed by atoms with Crippen LogP contribution in [0.5, 0.6) is 0 Å². The second-order valence-corrected chi connectivity index (χ2v) is 6.57. The number of anilines is 3. The summed E-state index contributed by atoms with van der Waals surface area (Å²) in [6.07, 6.45) is 0. The van der Waals surface area contributed by atoms with Gasteiger partial charge in [-0.1, -0.05) is 70.1 Å². The molecular formula is C21H20IN. The molecule has 0 amide bonds. The van der Waals surface area contributed by atoms with E-state index in [1.165, 1.54) is 33.8 Å². The molecule has 2 heteroatoms. The van der Waals surface area contributed by atoms with E-state index in [1.54, 1.807) is 0 Å². The fourth-order valence-corrected chi connectivity index (χ4v) is 3.08. The Morgan fingerprint density at radius 1 is 0.609 bits per heavy atom. The maximum Gasteiger partial charge on any atom is 0.0461 e. The molecule has 0 aromatic heterocycles. The van der Waals surface area contributed by atoms with Gasteiger partial charge in [-0.05, 0) is 55.8 Å². The predicted molar refractivity (Wildman–Crippen MR) is 108 cm³/mol. The van der Waals surface area contributed by atoms with Gasteiger partial charge in [0.1, 0.15) is 0 Å². The van der Waals surface area contributed by atoms with Crippen LogP contribution in [0.15, 0.2) is 72.8 Å². The van der Waals surface area contributed by atoms with Gasteiger partial charge in [0.25, 0.3) is 0 Å². The lowest BCUT2D eigenvalue weighted by Gasteiger charge is -2.26. The summed E-state index contributed by atoms with van der Waals surface area (Å²) in [7, 11) is 0. The van der Waals surface area contributed by atoms with Crippen LogP contribution in [0, 0.1) is 13.8 Å². The van der Waals surface area contributed by atoms with Crippen molar-refractivity contribution in [1.29, 1.82) is 0 Å². The molecule has 0 saturated carbocycles. The number of rotatable bonds is 4. The molecule has 0 aliphatic heterocycles. The van der Waals surface area contributed by atoms with Crippen molar-refractivity contribution in [3.63, 3.8) is 0 Å². The summed E-state index contributed by atoms with van der Waals surface area (Å²) in [5.41, 5.74) is 7.45. The molecule has 0 unspecified atom stereocenters. The molecule has 116 valence electrons. The van der Waals surface area contributed by atoms with E-state index in [0.717, 1.165) is 4.43 Å². The Hall–Kier alpha value is -1.81. The molecule has 0 heterocycles. The Labute approximate surface area is 152 Å². The summed E-state index contributed by atoms with van der Waals surface area (Å²) in [5.74, 6) is 0. The van der Waals surface area contributed by atoms with Crippen LogP contribution in [0.1, 0.15) is 16.7 Å². The monoisotopic (exact) mass is 413 g/mol. The molecule has 0 radical (unpaired) electrons. The van der Waals surface area contributed by atoms with Crippen molar-refractivity contribution in [2.24, 2.45) is 0 Å². The molecule has 3 aromatic carbocycles. The van der Waals surface area contributed by atoms with Gasteiger partial charge in [-0.2, -0.15) is 0 Å². The topological polar surface area (TPSA) is 3.24 Å². The minimum Gasteiger partial charge on any atom is -0.311 e. The highest BCUT2D eigenvalue weighted by molar-refractivity contribution is 14.1. The predicted octanol–water partition coefficient (Wildman–Crippen LogP) is 6.71. The van der Waals surface area contributed by atoms with Crippen molar-refractivity contribution < 1.29 is 0 Å². The molecule has 1 nitrogen and oxygen atoms in total. The number of halogens is 1. The van der Waals surface area contributed by atoms with Crippen LogP contribution in [-0.2, 0) is 4.43 Å². The van der Waals surface area contributed by atoms with Gasteiger partial charge in [0.05, 0.1) is 0 Å². The number of nitrogens with zero attached hydrogens (tertiary/aromatic N) is 1. The second-order valence-electron chi connectivity index (χ2n) is 5.81. The SMILES string of the molecule is Cc1ccc(N(c2ccc(C)cc2)c2ccc(CI)cc2)cc1. The summed E-state index contributed by atoms with van der Waals surface area (Å²) >= 11 is 2.40. The minimum atomic E-state index is 1.03. The van der Waals surface area contributed by atoms with Gasteiger partial charge in [0.15, 0.2) is 0 Å². The van der Waals surface area contributed by atoms with Crippen molar-refractivity contribution in [2.45, 2.75) is 18.3 Å². The number of aryl methyl sites for hydroxylation is 2. The maximum atomic E-state index is 2.40. The summed E-state index contributed by atoms with van der Waals surface area (Å²) < 4.78 is 1.03. The number of benzene rings is 3. The third kappa shape index (κ3) is 3.75.